The van der Waals surface area contributed by atoms with Crippen molar-refractivity contribution < 1.29 is 8.78 Å². The molecule has 0 aromatic carbocycles. The number of piperazine rings is 1. The molecule has 0 N–H and O–H groups in total. The number of aromatic nitrogens is 5. The van der Waals surface area contributed by atoms with Gasteiger partial charge in [0.05, 0.1) is 12.7 Å². The van der Waals surface area contributed by atoms with Crippen LogP contribution in [-0.4, -0.2) is 62.6 Å². The maximum atomic E-state index is 13.1. The number of alkyl halides is 2. The van der Waals surface area contributed by atoms with Crippen LogP contribution in [0.3, 0.4) is 0 Å². The molecule has 2 aliphatic rings. The van der Waals surface area contributed by atoms with Crippen molar-refractivity contribution in [3.8, 4) is 0 Å². The number of rotatable bonds is 6. The SMILES string of the molecule is FC(F)c1cc(N2CCN(CCn3ccnn3)CC2)nc(C2CC2)n1. The van der Waals surface area contributed by atoms with Crippen LogP contribution in [-0.2, 0) is 6.54 Å². The molecule has 134 valence electrons. The topological polar surface area (TPSA) is 63.0 Å². The fourth-order valence-corrected chi connectivity index (χ4v) is 3.07. The van der Waals surface area contributed by atoms with Gasteiger partial charge in [-0.3, -0.25) is 9.58 Å². The molecule has 1 saturated carbocycles. The van der Waals surface area contributed by atoms with Crippen molar-refractivity contribution in [3.05, 3.63) is 30.0 Å². The van der Waals surface area contributed by atoms with E-state index in [1.165, 1.54) is 6.07 Å². The normalized spacial score (nSPS) is 18.9. The van der Waals surface area contributed by atoms with Crippen molar-refractivity contribution in [2.24, 2.45) is 0 Å². The zero-order chi connectivity index (χ0) is 17.2. The molecule has 4 rings (SSSR count). The van der Waals surface area contributed by atoms with Crippen LogP contribution in [0.15, 0.2) is 18.5 Å². The molecular weight excluding hydrogens is 328 g/mol. The van der Waals surface area contributed by atoms with Crippen LogP contribution in [0.1, 0.15) is 36.7 Å². The highest BCUT2D eigenvalue weighted by molar-refractivity contribution is 5.41. The van der Waals surface area contributed by atoms with Gasteiger partial charge in [0.2, 0.25) is 0 Å². The quantitative estimate of drug-likeness (QED) is 0.791. The van der Waals surface area contributed by atoms with Gasteiger partial charge in [-0.25, -0.2) is 18.7 Å². The van der Waals surface area contributed by atoms with E-state index in [9.17, 15) is 8.78 Å². The van der Waals surface area contributed by atoms with E-state index in [1.54, 1.807) is 6.20 Å². The third-order valence-corrected chi connectivity index (χ3v) is 4.73. The molecule has 1 aliphatic heterocycles. The Morgan fingerprint density at radius 2 is 1.88 bits per heavy atom. The van der Waals surface area contributed by atoms with E-state index in [2.05, 4.69) is 30.1 Å². The molecule has 0 bridgehead atoms. The van der Waals surface area contributed by atoms with Crippen molar-refractivity contribution in [2.75, 3.05) is 37.6 Å². The Hall–Kier alpha value is -2.16. The zero-order valence-electron chi connectivity index (χ0n) is 13.9. The lowest BCUT2D eigenvalue weighted by Gasteiger charge is -2.35. The van der Waals surface area contributed by atoms with E-state index in [0.29, 0.717) is 11.6 Å². The molecular formula is C16H21F2N7. The maximum Gasteiger partial charge on any atom is 0.280 e. The van der Waals surface area contributed by atoms with E-state index in [4.69, 9.17) is 0 Å². The monoisotopic (exact) mass is 349 g/mol. The number of hydrogen-bond acceptors (Lipinski definition) is 6. The molecule has 1 aliphatic carbocycles. The zero-order valence-corrected chi connectivity index (χ0v) is 13.9. The average molecular weight is 349 g/mol. The second-order valence-corrected chi connectivity index (χ2v) is 6.58. The van der Waals surface area contributed by atoms with Crippen molar-refractivity contribution in [3.63, 3.8) is 0 Å². The first kappa shape index (κ1) is 16.3. The van der Waals surface area contributed by atoms with Gasteiger partial charge in [-0.2, -0.15) is 0 Å². The first-order valence-electron chi connectivity index (χ1n) is 8.67. The second-order valence-electron chi connectivity index (χ2n) is 6.58. The van der Waals surface area contributed by atoms with Crippen molar-refractivity contribution in [2.45, 2.75) is 31.7 Å². The number of anilines is 1. The van der Waals surface area contributed by atoms with Crippen LogP contribution in [0.4, 0.5) is 14.6 Å². The summed E-state index contributed by atoms with van der Waals surface area (Å²) in [4.78, 5) is 13.0. The summed E-state index contributed by atoms with van der Waals surface area (Å²) in [6.45, 7) is 5.01. The third kappa shape index (κ3) is 3.92. The van der Waals surface area contributed by atoms with Gasteiger partial charge in [0, 0.05) is 50.9 Å². The lowest BCUT2D eigenvalue weighted by molar-refractivity contribution is 0.145. The van der Waals surface area contributed by atoms with Crippen LogP contribution in [0.5, 0.6) is 0 Å². The summed E-state index contributed by atoms with van der Waals surface area (Å²) in [5.41, 5.74) is -0.152. The number of halogens is 2. The summed E-state index contributed by atoms with van der Waals surface area (Å²) in [5, 5.41) is 7.76. The summed E-state index contributed by atoms with van der Waals surface area (Å²) in [6.07, 6.45) is 2.97. The minimum Gasteiger partial charge on any atom is -0.354 e. The molecule has 2 aromatic rings. The van der Waals surface area contributed by atoms with Gasteiger partial charge in [0.15, 0.2) is 0 Å². The van der Waals surface area contributed by atoms with Gasteiger partial charge in [-0.1, -0.05) is 5.21 Å². The number of nitrogens with zero attached hydrogens (tertiary/aromatic N) is 7. The lowest BCUT2D eigenvalue weighted by atomic mass is 10.2. The van der Waals surface area contributed by atoms with Gasteiger partial charge >= 0.3 is 0 Å². The van der Waals surface area contributed by atoms with Crippen LogP contribution < -0.4 is 4.90 Å². The van der Waals surface area contributed by atoms with Crippen LogP contribution in [0, 0.1) is 0 Å². The second kappa shape index (κ2) is 6.99. The summed E-state index contributed by atoms with van der Waals surface area (Å²) in [7, 11) is 0. The lowest BCUT2D eigenvalue weighted by Crippen LogP contribution is -2.47. The van der Waals surface area contributed by atoms with Gasteiger partial charge in [-0.05, 0) is 12.8 Å². The smallest absolute Gasteiger partial charge is 0.280 e. The number of hydrogen-bond donors (Lipinski definition) is 0. The molecule has 9 heteroatoms. The van der Waals surface area contributed by atoms with Crippen LogP contribution >= 0.6 is 0 Å². The molecule has 2 aromatic heterocycles. The van der Waals surface area contributed by atoms with Gasteiger partial charge in [0.25, 0.3) is 6.43 Å². The highest BCUT2D eigenvalue weighted by Crippen LogP contribution is 2.39. The Bertz CT molecular complexity index is 674. The Morgan fingerprint density at radius 3 is 2.52 bits per heavy atom. The molecule has 25 heavy (non-hydrogen) atoms. The van der Waals surface area contributed by atoms with Gasteiger partial charge < -0.3 is 4.90 Å². The van der Waals surface area contributed by atoms with E-state index < -0.39 is 6.43 Å². The Morgan fingerprint density at radius 1 is 1.08 bits per heavy atom. The van der Waals surface area contributed by atoms with Crippen molar-refractivity contribution in [1.82, 2.24) is 29.9 Å². The van der Waals surface area contributed by atoms with Crippen molar-refractivity contribution in [1.29, 1.82) is 0 Å². The molecule has 0 atom stereocenters. The molecule has 2 fully saturated rings. The minimum atomic E-state index is -2.55. The van der Waals surface area contributed by atoms with E-state index in [0.717, 1.165) is 52.1 Å². The van der Waals surface area contributed by atoms with Crippen LogP contribution in [0.25, 0.3) is 0 Å². The molecule has 1 saturated heterocycles. The predicted octanol–water partition coefficient (Wildman–Crippen LogP) is 1.71. The highest BCUT2D eigenvalue weighted by atomic mass is 19.3. The largest absolute Gasteiger partial charge is 0.354 e. The van der Waals surface area contributed by atoms with E-state index in [-0.39, 0.29) is 11.6 Å². The van der Waals surface area contributed by atoms with Crippen LogP contribution in [0.2, 0.25) is 0 Å². The summed E-state index contributed by atoms with van der Waals surface area (Å²) in [5.74, 6) is 1.49. The van der Waals surface area contributed by atoms with E-state index in [1.807, 2.05) is 10.9 Å². The minimum absolute atomic E-state index is 0.152. The predicted molar refractivity (Wildman–Crippen MR) is 87.6 cm³/mol. The maximum absolute atomic E-state index is 13.1. The van der Waals surface area contributed by atoms with E-state index >= 15 is 0 Å². The average Bonchev–Trinajstić information content (AvgIpc) is 3.36. The summed E-state index contributed by atoms with van der Waals surface area (Å²) >= 11 is 0. The van der Waals surface area contributed by atoms with Gasteiger partial charge in [-0.15, -0.1) is 5.10 Å². The van der Waals surface area contributed by atoms with Gasteiger partial charge in [0.1, 0.15) is 17.3 Å². The molecule has 7 nitrogen and oxygen atoms in total. The molecule has 3 heterocycles. The highest BCUT2D eigenvalue weighted by Gasteiger charge is 2.29. The standard InChI is InChI=1S/C16H21F2N7/c17-15(18)13-11-14(21-16(20-13)12-1-2-12)24-8-5-23(6-9-24)7-10-25-4-3-19-22-25/h3-4,11-12,15H,1-2,5-10H2. The third-order valence-electron chi connectivity index (χ3n) is 4.73. The molecule has 0 radical (unpaired) electrons. The summed E-state index contributed by atoms with van der Waals surface area (Å²) < 4.78 is 28.1. The fourth-order valence-electron chi connectivity index (χ4n) is 3.07. The first-order valence-corrected chi connectivity index (χ1v) is 8.67. The Balaban J connectivity index is 1.38. The first-order chi connectivity index (χ1) is 12.2. The Labute approximate surface area is 144 Å². The molecule has 0 amide bonds. The molecule has 0 unspecified atom stereocenters. The fraction of sp³-hybridized carbons (Fsp3) is 0.625. The Kier molecular flexibility index (Phi) is 4.56. The molecule has 0 spiro atoms. The summed E-state index contributed by atoms with van der Waals surface area (Å²) in [6, 6.07) is 1.45. The van der Waals surface area contributed by atoms with Crippen molar-refractivity contribution >= 4 is 5.82 Å².